The molecule has 0 radical (unpaired) electrons. The van der Waals surface area contributed by atoms with Crippen LogP contribution in [0, 0.1) is 5.92 Å². The van der Waals surface area contributed by atoms with Gasteiger partial charge in [0.1, 0.15) is 0 Å². The molecule has 0 spiro atoms. The number of rotatable bonds is 5. The van der Waals surface area contributed by atoms with E-state index in [0.717, 1.165) is 0 Å². The maximum absolute atomic E-state index is 5.42. The number of ether oxygens (including phenoxy) is 1. The molecule has 2 unspecified atom stereocenters. The standard InChI is InChI=1S/C14H25N5O/c1-5-20-14-17-12(15-3)16-13(18-14)19(4)11-9-7-6-8-10(11)2/h10-11H,5-9H2,1-4H3,(H,15,16,17,18). The van der Waals surface area contributed by atoms with E-state index in [-0.39, 0.29) is 0 Å². The number of hydrogen-bond donors (Lipinski definition) is 1. The predicted molar refractivity (Wildman–Crippen MR) is 80.4 cm³/mol. The molecule has 0 aliphatic heterocycles. The van der Waals surface area contributed by atoms with Gasteiger partial charge < -0.3 is 15.0 Å². The molecule has 1 aliphatic rings. The highest BCUT2D eigenvalue weighted by molar-refractivity contribution is 5.38. The molecule has 1 aromatic rings. The molecule has 2 atom stereocenters. The van der Waals surface area contributed by atoms with E-state index in [4.69, 9.17) is 4.74 Å². The van der Waals surface area contributed by atoms with Crippen LogP contribution < -0.4 is 15.0 Å². The van der Waals surface area contributed by atoms with Crippen LogP contribution in [0.2, 0.25) is 0 Å². The molecule has 1 N–H and O–H groups in total. The van der Waals surface area contributed by atoms with Crippen molar-refractivity contribution in [3.63, 3.8) is 0 Å². The molecule has 1 aromatic heterocycles. The Morgan fingerprint density at radius 2 is 2.00 bits per heavy atom. The van der Waals surface area contributed by atoms with Gasteiger partial charge in [0.15, 0.2) is 0 Å². The van der Waals surface area contributed by atoms with Gasteiger partial charge in [-0.1, -0.05) is 19.8 Å². The van der Waals surface area contributed by atoms with Crippen molar-refractivity contribution in [3.05, 3.63) is 0 Å². The highest BCUT2D eigenvalue weighted by Crippen LogP contribution is 2.29. The Morgan fingerprint density at radius 1 is 1.25 bits per heavy atom. The summed E-state index contributed by atoms with van der Waals surface area (Å²) in [6.07, 6.45) is 5.08. The quantitative estimate of drug-likeness (QED) is 0.892. The maximum atomic E-state index is 5.42. The van der Waals surface area contributed by atoms with E-state index in [1.165, 1.54) is 25.7 Å². The summed E-state index contributed by atoms with van der Waals surface area (Å²) in [5.41, 5.74) is 0. The molecule has 1 fully saturated rings. The van der Waals surface area contributed by atoms with E-state index in [9.17, 15) is 0 Å². The Bertz CT molecular complexity index is 440. The summed E-state index contributed by atoms with van der Waals surface area (Å²) in [6, 6.07) is 0.877. The molecule has 6 nitrogen and oxygen atoms in total. The second-order valence-corrected chi connectivity index (χ2v) is 5.36. The van der Waals surface area contributed by atoms with Gasteiger partial charge in [0.2, 0.25) is 11.9 Å². The fraction of sp³-hybridized carbons (Fsp3) is 0.786. The molecule has 0 bridgehead atoms. The lowest BCUT2D eigenvalue weighted by atomic mass is 9.85. The topological polar surface area (TPSA) is 63.2 Å². The van der Waals surface area contributed by atoms with Crippen molar-refractivity contribution in [1.82, 2.24) is 15.0 Å². The van der Waals surface area contributed by atoms with E-state index in [2.05, 4.69) is 39.1 Å². The van der Waals surface area contributed by atoms with Gasteiger partial charge in [-0.25, -0.2) is 0 Å². The first kappa shape index (κ1) is 14.8. The molecular formula is C14H25N5O. The molecule has 20 heavy (non-hydrogen) atoms. The lowest BCUT2D eigenvalue weighted by Crippen LogP contribution is -2.40. The smallest absolute Gasteiger partial charge is 0.323 e. The van der Waals surface area contributed by atoms with Crippen LogP contribution in [0.5, 0.6) is 6.01 Å². The normalized spacial score (nSPS) is 22.4. The molecule has 0 saturated heterocycles. The zero-order valence-corrected chi connectivity index (χ0v) is 12.9. The molecule has 1 saturated carbocycles. The number of nitrogens with zero attached hydrogens (tertiary/aromatic N) is 4. The van der Waals surface area contributed by atoms with E-state index < -0.39 is 0 Å². The van der Waals surface area contributed by atoms with Crippen LogP contribution in [0.25, 0.3) is 0 Å². The van der Waals surface area contributed by atoms with Gasteiger partial charge in [-0.3, -0.25) is 0 Å². The number of anilines is 2. The van der Waals surface area contributed by atoms with Crippen molar-refractivity contribution in [1.29, 1.82) is 0 Å². The molecule has 1 aliphatic carbocycles. The van der Waals surface area contributed by atoms with Gasteiger partial charge in [-0.15, -0.1) is 0 Å². The molecule has 0 aromatic carbocycles. The van der Waals surface area contributed by atoms with Gasteiger partial charge in [0.05, 0.1) is 6.61 Å². The highest BCUT2D eigenvalue weighted by atomic mass is 16.5. The van der Waals surface area contributed by atoms with Crippen LogP contribution in [0.4, 0.5) is 11.9 Å². The van der Waals surface area contributed by atoms with Gasteiger partial charge in [0, 0.05) is 20.1 Å². The van der Waals surface area contributed by atoms with E-state index in [0.29, 0.717) is 36.5 Å². The van der Waals surface area contributed by atoms with Crippen LogP contribution in [0.3, 0.4) is 0 Å². The average Bonchev–Trinajstić information content (AvgIpc) is 2.47. The zero-order valence-electron chi connectivity index (χ0n) is 12.9. The molecule has 112 valence electrons. The first-order valence-corrected chi connectivity index (χ1v) is 7.45. The molecular weight excluding hydrogens is 254 g/mol. The SMILES string of the molecule is CCOc1nc(NC)nc(N(C)C2CCCCC2C)n1. The van der Waals surface area contributed by atoms with Crippen LogP contribution in [0.15, 0.2) is 0 Å². The summed E-state index contributed by atoms with van der Waals surface area (Å²) < 4.78 is 5.42. The Kier molecular flexibility index (Phi) is 4.98. The second-order valence-electron chi connectivity index (χ2n) is 5.36. The minimum atomic E-state index is 0.386. The largest absolute Gasteiger partial charge is 0.464 e. The average molecular weight is 279 g/mol. The summed E-state index contributed by atoms with van der Waals surface area (Å²) in [6.45, 7) is 4.79. The highest BCUT2D eigenvalue weighted by Gasteiger charge is 2.27. The van der Waals surface area contributed by atoms with Crippen molar-refractivity contribution in [2.75, 3.05) is 30.9 Å². The van der Waals surface area contributed by atoms with Crippen LogP contribution >= 0.6 is 0 Å². The third-order valence-corrected chi connectivity index (χ3v) is 3.98. The van der Waals surface area contributed by atoms with Gasteiger partial charge in [-0.2, -0.15) is 15.0 Å². The third-order valence-electron chi connectivity index (χ3n) is 3.98. The van der Waals surface area contributed by atoms with Crippen molar-refractivity contribution in [2.45, 2.75) is 45.6 Å². The molecule has 2 rings (SSSR count). The lowest BCUT2D eigenvalue weighted by Gasteiger charge is -2.36. The van der Waals surface area contributed by atoms with E-state index in [1.807, 2.05) is 6.92 Å². The fourth-order valence-corrected chi connectivity index (χ4v) is 2.83. The minimum Gasteiger partial charge on any atom is -0.464 e. The van der Waals surface area contributed by atoms with E-state index in [1.54, 1.807) is 7.05 Å². The van der Waals surface area contributed by atoms with Crippen LogP contribution in [-0.4, -0.2) is 41.7 Å². The van der Waals surface area contributed by atoms with Crippen molar-refractivity contribution in [2.24, 2.45) is 5.92 Å². The summed E-state index contributed by atoms with van der Waals surface area (Å²) in [7, 11) is 3.87. The number of nitrogens with one attached hydrogen (secondary N) is 1. The van der Waals surface area contributed by atoms with Crippen LogP contribution in [0.1, 0.15) is 39.5 Å². The Morgan fingerprint density at radius 3 is 2.65 bits per heavy atom. The second kappa shape index (κ2) is 6.72. The monoisotopic (exact) mass is 279 g/mol. The molecule has 0 amide bonds. The van der Waals surface area contributed by atoms with Crippen molar-refractivity contribution >= 4 is 11.9 Å². The van der Waals surface area contributed by atoms with Crippen molar-refractivity contribution in [3.8, 4) is 6.01 Å². The molecule has 6 heteroatoms. The van der Waals surface area contributed by atoms with Gasteiger partial charge in [0.25, 0.3) is 0 Å². The zero-order chi connectivity index (χ0) is 14.5. The van der Waals surface area contributed by atoms with Crippen LogP contribution in [-0.2, 0) is 0 Å². The third kappa shape index (κ3) is 3.29. The lowest BCUT2D eigenvalue weighted by molar-refractivity contribution is 0.305. The number of hydrogen-bond acceptors (Lipinski definition) is 6. The summed E-state index contributed by atoms with van der Waals surface area (Å²) in [5, 5.41) is 2.97. The minimum absolute atomic E-state index is 0.386. The first-order chi connectivity index (χ1) is 9.65. The molecule has 1 heterocycles. The van der Waals surface area contributed by atoms with Gasteiger partial charge >= 0.3 is 6.01 Å². The Labute approximate surface area is 121 Å². The number of aromatic nitrogens is 3. The fourth-order valence-electron chi connectivity index (χ4n) is 2.83. The van der Waals surface area contributed by atoms with E-state index >= 15 is 0 Å². The summed E-state index contributed by atoms with van der Waals surface area (Å²) in [5.74, 6) is 1.90. The first-order valence-electron chi connectivity index (χ1n) is 7.45. The van der Waals surface area contributed by atoms with Crippen molar-refractivity contribution < 1.29 is 4.74 Å². The summed E-state index contributed by atoms with van der Waals surface area (Å²) >= 11 is 0. The Balaban J connectivity index is 2.23. The Hall–Kier alpha value is -1.59. The maximum Gasteiger partial charge on any atom is 0.323 e. The van der Waals surface area contributed by atoms with Gasteiger partial charge in [-0.05, 0) is 25.7 Å². The predicted octanol–water partition coefficient (Wildman–Crippen LogP) is 2.33. The summed E-state index contributed by atoms with van der Waals surface area (Å²) in [4.78, 5) is 15.3.